The minimum absolute atomic E-state index is 0.184. The van der Waals surface area contributed by atoms with Crippen molar-refractivity contribution in [2.45, 2.75) is 58.5 Å². The smallest absolute Gasteiger partial charge is 0.185 e. The SMILES string of the molecule is COC(OC)[C@@]1(C)CC[C@H](C(C)(C)C)O1. The summed E-state index contributed by atoms with van der Waals surface area (Å²) in [6, 6.07) is 0. The summed E-state index contributed by atoms with van der Waals surface area (Å²) in [7, 11) is 3.32. The number of hydrogen-bond acceptors (Lipinski definition) is 3. The third-order valence-electron chi connectivity index (χ3n) is 3.21. The summed E-state index contributed by atoms with van der Waals surface area (Å²) in [4.78, 5) is 0. The van der Waals surface area contributed by atoms with Gasteiger partial charge in [-0.3, -0.25) is 0 Å². The van der Waals surface area contributed by atoms with Crippen LogP contribution in [0.1, 0.15) is 40.5 Å². The molecule has 1 rings (SSSR count). The second kappa shape index (κ2) is 4.40. The van der Waals surface area contributed by atoms with Gasteiger partial charge in [0, 0.05) is 14.2 Å². The second-order valence-corrected chi connectivity index (χ2v) is 5.63. The molecule has 0 unspecified atom stereocenters. The second-order valence-electron chi connectivity index (χ2n) is 5.63. The normalized spacial score (nSPS) is 32.6. The van der Waals surface area contributed by atoms with Gasteiger partial charge in [0.05, 0.1) is 6.10 Å². The van der Waals surface area contributed by atoms with E-state index in [0.29, 0.717) is 0 Å². The van der Waals surface area contributed by atoms with Crippen LogP contribution in [0.4, 0.5) is 0 Å². The quantitative estimate of drug-likeness (QED) is 0.679. The van der Waals surface area contributed by atoms with Crippen molar-refractivity contribution in [3.63, 3.8) is 0 Å². The van der Waals surface area contributed by atoms with Gasteiger partial charge in [0.1, 0.15) is 5.60 Å². The van der Waals surface area contributed by atoms with Crippen molar-refractivity contribution in [3.05, 3.63) is 0 Å². The maximum Gasteiger partial charge on any atom is 0.185 e. The molecular weight excluding hydrogens is 192 g/mol. The Morgan fingerprint density at radius 3 is 2.13 bits per heavy atom. The van der Waals surface area contributed by atoms with Crippen molar-refractivity contribution in [2.24, 2.45) is 5.41 Å². The van der Waals surface area contributed by atoms with E-state index in [9.17, 15) is 0 Å². The van der Waals surface area contributed by atoms with Crippen molar-refractivity contribution >= 4 is 0 Å². The number of rotatable bonds is 3. The molecule has 3 heteroatoms. The number of ether oxygens (including phenoxy) is 3. The van der Waals surface area contributed by atoms with Gasteiger partial charge in [-0.05, 0) is 25.2 Å². The molecule has 0 spiro atoms. The van der Waals surface area contributed by atoms with E-state index in [1.807, 2.05) is 0 Å². The maximum absolute atomic E-state index is 6.11. The molecule has 0 N–H and O–H groups in total. The largest absolute Gasteiger partial charge is 0.366 e. The third-order valence-corrected chi connectivity index (χ3v) is 3.21. The summed E-state index contributed by atoms with van der Waals surface area (Å²) in [5.41, 5.74) is -0.120. The molecule has 1 aliphatic heterocycles. The highest BCUT2D eigenvalue weighted by Gasteiger charge is 2.46. The Morgan fingerprint density at radius 1 is 1.27 bits per heavy atom. The number of hydrogen-bond donors (Lipinski definition) is 0. The van der Waals surface area contributed by atoms with E-state index in [1.165, 1.54) is 0 Å². The first-order valence-corrected chi connectivity index (χ1v) is 5.57. The van der Waals surface area contributed by atoms with Crippen molar-refractivity contribution in [1.82, 2.24) is 0 Å². The zero-order valence-corrected chi connectivity index (χ0v) is 10.8. The molecular formula is C12H24O3. The predicted molar refractivity (Wildman–Crippen MR) is 59.8 cm³/mol. The lowest BCUT2D eigenvalue weighted by Crippen LogP contribution is -2.43. The lowest BCUT2D eigenvalue weighted by molar-refractivity contribution is -0.229. The Labute approximate surface area is 93.1 Å². The lowest BCUT2D eigenvalue weighted by Gasteiger charge is -2.34. The monoisotopic (exact) mass is 216 g/mol. The molecule has 0 saturated carbocycles. The fourth-order valence-corrected chi connectivity index (χ4v) is 2.24. The van der Waals surface area contributed by atoms with Gasteiger partial charge in [0.2, 0.25) is 0 Å². The van der Waals surface area contributed by atoms with Crippen LogP contribution in [-0.4, -0.2) is 32.2 Å². The van der Waals surface area contributed by atoms with Gasteiger partial charge in [-0.25, -0.2) is 0 Å². The standard InChI is InChI=1S/C12H24O3/c1-11(2,3)9-7-8-12(4,15-9)10(13-5)14-6/h9-10H,7-8H2,1-6H3/t9-,12-/m1/s1. The third kappa shape index (κ3) is 2.71. The minimum Gasteiger partial charge on any atom is -0.366 e. The van der Waals surface area contributed by atoms with Gasteiger partial charge in [-0.2, -0.15) is 0 Å². The van der Waals surface area contributed by atoms with E-state index >= 15 is 0 Å². The molecule has 0 aliphatic carbocycles. The fraction of sp³-hybridized carbons (Fsp3) is 1.00. The van der Waals surface area contributed by atoms with Gasteiger partial charge in [-0.1, -0.05) is 20.8 Å². The van der Waals surface area contributed by atoms with Gasteiger partial charge in [-0.15, -0.1) is 0 Å². The number of methoxy groups -OCH3 is 2. The van der Waals surface area contributed by atoms with Gasteiger partial charge in [0.15, 0.2) is 6.29 Å². The van der Waals surface area contributed by atoms with Gasteiger partial charge in [0.25, 0.3) is 0 Å². The van der Waals surface area contributed by atoms with E-state index in [0.717, 1.165) is 12.8 Å². The summed E-state index contributed by atoms with van der Waals surface area (Å²) in [6.45, 7) is 8.68. The van der Waals surface area contributed by atoms with Crippen LogP contribution >= 0.6 is 0 Å². The van der Waals surface area contributed by atoms with Crippen molar-refractivity contribution < 1.29 is 14.2 Å². The summed E-state index contributed by atoms with van der Waals surface area (Å²) >= 11 is 0. The Hall–Kier alpha value is -0.120. The topological polar surface area (TPSA) is 27.7 Å². The molecule has 1 aliphatic rings. The Balaban J connectivity index is 2.68. The molecule has 0 bridgehead atoms. The van der Waals surface area contributed by atoms with Crippen molar-refractivity contribution in [1.29, 1.82) is 0 Å². The van der Waals surface area contributed by atoms with E-state index in [1.54, 1.807) is 14.2 Å². The lowest BCUT2D eigenvalue weighted by atomic mass is 9.87. The molecule has 0 aromatic rings. The van der Waals surface area contributed by atoms with Crippen LogP contribution in [-0.2, 0) is 14.2 Å². The summed E-state index contributed by atoms with van der Waals surface area (Å²) in [5, 5.41) is 0. The van der Waals surface area contributed by atoms with Crippen molar-refractivity contribution in [2.75, 3.05) is 14.2 Å². The summed E-state index contributed by atoms with van der Waals surface area (Å²) in [5.74, 6) is 0. The first kappa shape index (κ1) is 12.9. The summed E-state index contributed by atoms with van der Waals surface area (Å²) < 4.78 is 16.7. The van der Waals surface area contributed by atoms with Crippen LogP contribution in [0.5, 0.6) is 0 Å². The average molecular weight is 216 g/mol. The zero-order valence-electron chi connectivity index (χ0n) is 10.8. The molecule has 0 amide bonds. The highest BCUT2D eigenvalue weighted by molar-refractivity contribution is 4.92. The molecule has 1 saturated heterocycles. The molecule has 1 heterocycles. The zero-order chi connectivity index (χ0) is 11.7. The molecule has 15 heavy (non-hydrogen) atoms. The molecule has 1 fully saturated rings. The van der Waals surface area contributed by atoms with E-state index in [2.05, 4.69) is 27.7 Å². The first-order valence-electron chi connectivity index (χ1n) is 5.57. The molecule has 0 radical (unpaired) electrons. The van der Waals surface area contributed by atoms with E-state index in [4.69, 9.17) is 14.2 Å². The van der Waals surface area contributed by atoms with E-state index in [-0.39, 0.29) is 23.4 Å². The summed E-state index contributed by atoms with van der Waals surface area (Å²) in [6.07, 6.45) is 2.07. The van der Waals surface area contributed by atoms with Crippen LogP contribution in [0.2, 0.25) is 0 Å². The minimum atomic E-state index is -0.304. The van der Waals surface area contributed by atoms with Crippen LogP contribution < -0.4 is 0 Å². The molecule has 0 aromatic heterocycles. The molecule has 2 atom stereocenters. The highest BCUT2D eigenvalue weighted by Crippen LogP contribution is 2.41. The van der Waals surface area contributed by atoms with Gasteiger partial charge >= 0.3 is 0 Å². The molecule has 90 valence electrons. The highest BCUT2D eigenvalue weighted by atomic mass is 16.7. The maximum atomic E-state index is 6.11. The van der Waals surface area contributed by atoms with Crippen molar-refractivity contribution in [3.8, 4) is 0 Å². The average Bonchev–Trinajstić information content (AvgIpc) is 2.50. The van der Waals surface area contributed by atoms with Crippen LogP contribution in [0.25, 0.3) is 0 Å². The fourth-order valence-electron chi connectivity index (χ4n) is 2.24. The van der Waals surface area contributed by atoms with Crippen LogP contribution in [0.15, 0.2) is 0 Å². The molecule has 3 nitrogen and oxygen atoms in total. The van der Waals surface area contributed by atoms with Crippen LogP contribution in [0.3, 0.4) is 0 Å². The van der Waals surface area contributed by atoms with Crippen LogP contribution in [0, 0.1) is 5.41 Å². The van der Waals surface area contributed by atoms with E-state index < -0.39 is 0 Å². The Morgan fingerprint density at radius 2 is 1.80 bits per heavy atom. The Kier molecular flexibility index (Phi) is 3.80. The van der Waals surface area contributed by atoms with Gasteiger partial charge < -0.3 is 14.2 Å². The predicted octanol–water partition coefficient (Wildman–Crippen LogP) is 2.59. The Bertz CT molecular complexity index is 205. The molecule has 0 aromatic carbocycles. The first-order chi connectivity index (χ1) is 6.83.